The molecular weight excluding hydrogens is 267 g/mol. The summed E-state index contributed by atoms with van der Waals surface area (Å²) in [5, 5.41) is 0. The first-order chi connectivity index (χ1) is 9.48. The largest absolute Gasteiger partial charge is 0.487 e. The summed E-state index contributed by atoms with van der Waals surface area (Å²) >= 11 is 0. The molecule has 0 saturated heterocycles. The van der Waals surface area contributed by atoms with Crippen LogP contribution in [-0.2, 0) is 6.54 Å². The Morgan fingerprint density at radius 2 is 1.40 bits per heavy atom. The molecule has 5 heteroatoms. The zero-order valence-electron chi connectivity index (χ0n) is 10.5. The van der Waals surface area contributed by atoms with E-state index in [4.69, 9.17) is 0 Å². The summed E-state index contributed by atoms with van der Waals surface area (Å²) in [7, 11) is 0. The Labute approximate surface area is 114 Å². The Morgan fingerprint density at radius 3 is 1.90 bits per heavy atom. The van der Waals surface area contributed by atoms with Crippen molar-refractivity contribution in [2.75, 3.05) is 0 Å². The molecule has 0 unspecified atom stereocenters. The molecule has 0 fully saturated rings. The number of carbonyl (C=O) groups excluding carboxylic acids is 1. The van der Waals surface area contributed by atoms with Gasteiger partial charge in [0.2, 0.25) is 0 Å². The van der Waals surface area contributed by atoms with Gasteiger partial charge in [-0.2, -0.15) is 0 Å². The molecule has 0 radical (unpaired) electrons. The monoisotopic (exact) mass is 279 g/mol. The molecule has 2 aromatic rings. The molecular formula is C15H12F3NO. The van der Waals surface area contributed by atoms with Gasteiger partial charge in [-0.1, -0.05) is 48.5 Å². The number of carbonyl (C=O) groups is 1. The number of nitrogens with zero attached hydrogens (tertiary/aromatic N) is 1. The Kier molecular flexibility index (Phi) is 4.08. The van der Waals surface area contributed by atoms with E-state index < -0.39 is 18.8 Å². The second kappa shape index (κ2) is 5.77. The first-order valence-electron chi connectivity index (χ1n) is 5.96. The zero-order chi connectivity index (χ0) is 14.6. The van der Waals surface area contributed by atoms with Crippen LogP contribution in [0.25, 0.3) is 0 Å². The number of amides is 1. The van der Waals surface area contributed by atoms with Gasteiger partial charge in [-0.3, -0.25) is 4.79 Å². The van der Waals surface area contributed by atoms with Crippen molar-refractivity contribution in [1.29, 1.82) is 0 Å². The third-order valence-corrected chi connectivity index (χ3v) is 2.76. The average Bonchev–Trinajstić information content (AvgIpc) is 2.45. The van der Waals surface area contributed by atoms with Crippen LogP contribution >= 0.6 is 0 Å². The summed E-state index contributed by atoms with van der Waals surface area (Å²) in [5.74, 6) is -1.05. The molecule has 2 rings (SSSR count). The summed E-state index contributed by atoms with van der Waals surface area (Å²) < 4.78 is 39.1. The maximum Gasteiger partial charge on any atom is 0.487 e. The third kappa shape index (κ3) is 3.38. The number of hydrogen-bond donors (Lipinski definition) is 0. The summed E-state index contributed by atoms with van der Waals surface area (Å²) in [6, 6.07) is 15.5. The van der Waals surface area contributed by atoms with Crippen molar-refractivity contribution in [3.8, 4) is 0 Å². The minimum absolute atomic E-state index is 0.0146. The molecule has 0 aromatic heterocycles. The first-order valence-corrected chi connectivity index (χ1v) is 5.96. The summed E-state index contributed by atoms with van der Waals surface area (Å²) in [6.45, 7) is -0.502. The smallest absolute Gasteiger partial charge is 0.269 e. The van der Waals surface area contributed by atoms with Gasteiger partial charge in [-0.05, 0) is 17.7 Å². The summed E-state index contributed by atoms with van der Waals surface area (Å²) in [5.41, 5.74) is 0.440. The Balaban J connectivity index is 2.27. The topological polar surface area (TPSA) is 20.3 Å². The lowest BCUT2D eigenvalue weighted by Crippen LogP contribution is -2.42. The Bertz CT molecular complexity index is 567. The Morgan fingerprint density at radius 1 is 0.900 bits per heavy atom. The van der Waals surface area contributed by atoms with Gasteiger partial charge < -0.3 is 0 Å². The number of halogens is 3. The predicted molar refractivity (Wildman–Crippen MR) is 68.8 cm³/mol. The van der Waals surface area contributed by atoms with Crippen LogP contribution in [0.3, 0.4) is 0 Å². The second-order valence-electron chi connectivity index (χ2n) is 4.21. The van der Waals surface area contributed by atoms with Crippen LogP contribution in [-0.4, -0.2) is 17.1 Å². The highest BCUT2D eigenvalue weighted by atomic mass is 19.4. The fraction of sp³-hybridized carbons (Fsp3) is 0.133. The van der Waals surface area contributed by atoms with Crippen LogP contribution in [0.5, 0.6) is 0 Å². The van der Waals surface area contributed by atoms with Crippen molar-refractivity contribution >= 4 is 5.91 Å². The lowest BCUT2D eigenvalue weighted by Gasteiger charge is -2.25. The fourth-order valence-corrected chi connectivity index (χ4v) is 1.78. The normalized spacial score (nSPS) is 11.2. The molecule has 0 atom stereocenters. The van der Waals surface area contributed by atoms with Crippen molar-refractivity contribution in [2.24, 2.45) is 0 Å². The highest BCUT2D eigenvalue weighted by molar-refractivity contribution is 5.94. The van der Waals surface area contributed by atoms with Crippen molar-refractivity contribution in [3.05, 3.63) is 71.8 Å². The van der Waals surface area contributed by atoms with Crippen LogP contribution < -0.4 is 0 Å². The van der Waals surface area contributed by atoms with Crippen molar-refractivity contribution < 1.29 is 18.0 Å². The summed E-state index contributed by atoms with van der Waals surface area (Å²) in [4.78, 5) is 11.9. The van der Waals surface area contributed by atoms with Crippen LogP contribution in [0.1, 0.15) is 15.9 Å². The highest BCUT2D eigenvalue weighted by Crippen LogP contribution is 2.25. The maximum absolute atomic E-state index is 13.0. The van der Waals surface area contributed by atoms with Gasteiger partial charge in [-0.15, -0.1) is 13.2 Å². The predicted octanol–water partition coefficient (Wildman–Crippen LogP) is 3.85. The zero-order valence-corrected chi connectivity index (χ0v) is 10.5. The van der Waals surface area contributed by atoms with Crippen LogP contribution in [0, 0.1) is 0 Å². The third-order valence-electron chi connectivity index (χ3n) is 2.76. The van der Waals surface area contributed by atoms with Crippen molar-refractivity contribution in [2.45, 2.75) is 12.8 Å². The molecule has 20 heavy (non-hydrogen) atoms. The number of hydrogen-bond acceptors (Lipinski definition) is 1. The van der Waals surface area contributed by atoms with E-state index >= 15 is 0 Å². The molecule has 2 nitrogen and oxygen atoms in total. The summed E-state index contributed by atoms with van der Waals surface area (Å²) in [6.07, 6.45) is -4.72. The standard InChI is InChI=1S/C15H12F3NO/c16-15(17,18)19(11-12-7-3-1-4-8-12)14(20)13-9-5-2-6-10-13/h1-10H,11H2. The molecule has 0 spiro atoms. The minimum atomic E-state index is -4.72. The molecule has 104 valence electrons. The SMILES string of the molecule is O=C(c1ccccc1)N(Cc1ccccc1)C(F)(F)F. The van der Waals surface area contributed by atoms with E-state index in [1.54, 1.807) is 36.4 Å². The van der Waals surface area contributed by atoms with Gasteiger partial charge in [0.1, 0.15) is 0 Å². The van der Waals surface area contributed by atoms with E-state index in [2.05, 4.69) is 0 Å². The molecule has 0 bridgehead atoms. The average molecular weight is 279 g/mol. The van der Waals surface area contributed by atoms with Crippen molar-refractivity contribution in [3.63, 3.8) is 0 Å². The lowest BCUT2D eigenvalue weighted by atomic mass is 10.1. The van der Waals surface area contributed by atoms with Gasteiger partial charge in [0.25, 0.3) is 5.91 Å². The lowest BCUT2D eigenvalue weighted by molar-refractivity contribution is -0.227. The molecule has 0 heterocycles. The van der Waals surface area contributed by atoms with Gasteiger partial charge in [0.15, 0.2) is 0 Å². The van der Waals surface area contributed by atoms with Gasteiger partial charge in [-0.25, -0.2) is 4.90 Å². The van der Waals surface area contributed by atoms with E-state index in [-0.39, 0.29) is 10.5 Å². The molecule has 0 N–H and O–H groups in total. The van der Waals surface area contributed by atoms with E-state index in [0.29, 0.717) is 5.56 Å². The van der Waals surface area contributed by atoms with Gasteiger partial charge in [0.05, 0.1) is 6.54 Å². The molecule has 0 aliphatic rings. The van der Waals surface area contributed by atoms with E-state index in [1.807, 2.05) is 0 Å². The van der Waals surface area contributed by atoms with Crippen LogP contribution in [0.2, 0.25) is 0 Å². The number of benzene rings is 2. The van der Waals surface area contributed by atoms with E-state index in [0.717, 1.165) is 0 Å². The van der Waals surface area contributed by atoms with Gasteiger partial charge >= 0.3 is 6.30 Å². The first kappa shape index (κ1) is 14.1. The molecule has 1 amide bonds. The van der Waals surface area contributed by atoms with Crippen molar-refractivity contribution in [1.82, 2.24) is 4.90 Å². The maximum atomic E-state index is 13.0. The quantitative estimate of drug-likeness (QED) is 0.781. The fourth-order valence-electron chi connectivity index (χ4n) is 1.78. The molecule has 0 aliphatic heterocycles. The second-order valence-corrected chi connectivity index (χ2v) is 4.21. The Hall–Kier alpha value is -2.30. The number of alkyl halides is 3. The van der Waals surface area contributed by atoms with Gasteiger partial charge in [0, 0.05) is 5.56 Å². The van der Waals surface area contributed by atoms with E-state index in [9.17, 15) is 18.0 Å². The van der Waals surface area contributed by atoms with E-state index in [1.165, 1.54) is 24.3 Å². The van der Waals surface area contributed by atoms with Crippen LogP contribution in [0.4, 0.5) is 13.2 Å². The molecule has 2 aromatic carbocycles. The molecule has 0 saturated carbocycles. The number of rotatable bonds is 3. The molecule has 0 aliphatic carbocycles. The minimum Gasteiger partial charge on any atom is -0.269 e. The highest BCUT2D eigenvalue weighted by Gasteiger charge is 2.41. The van der Waals surface area contributed by atoms with Crippen LogP contribution in [0.15, 0.2) is 60.7 Å².